The van der Waals surface area contributed by atoms with Gasteiger partial charge >= 0.3 is 6.09 Å². The number of nitrogen functional groups attached to an aromatic ring is 1. The van der Waals surface area contributed by atoms with Gasteiger partial charge in [-0.15, -0.1) is 0 Å². The lowest BCUT2D eigenvalue weighted by atomic mass is 10.1. The van der Waals surface area contributed by atoms with E-state index in [4.69, 9.17) is 10.8 Å². The number of hydrogen-bond donors (Lipinski definition) is 3. The van der Waals surface area contributed by atoms with Crippen LogP contribution >= 0.6 is 0 Å². The van der Waals surface area contributed by atoms with Crippen molar-refractivity contribution in [1.82, 2.24) is 5.32 Å². The summed E-state index contributed by atoms with van der Waals surface area (Å²) in [7, 11) is 0. The third-order valence-electron chi connectivity index (χ3n) is 1.73. The van der Waals surface area contributed by atoms with E-state index in [1.807, 2.05) is 18.2 Å². The maximum absolute atomic E-state index is 10.1. The Kier molecular flexibility index (Phi) is 3.14. The highest BCUT2D eigenvalue weighted by molar-refractivity contribution is 5.64. The van der Waals surface area contributed by atoms with E-state index in [1.54, 1.807) is 6.07 Å². The average Bonchev–Trinajstić information content (AvgIpc) is 2.08. The molecule has 0 saturated carbocycles. The first-order valence-electron chi connectivity index (χ1n) is 4.00. The molecular weight excluding hydrogens is 168 g/mol. The predicted octanol–water partition coefficient (Wildman–Crippen LogP) is 1.08. The molecule has 0 radical (unpaired) electrons. The smallest absolute Gasteiger partial charge is 0.404 e. The van der Waals surface area contributed by atoms with Crippen molar-refractivity contribution in [3.63, 3.8) is 0 Å². The molecule has 0 bridgehead atoms. The zero-order chi connectivity index (χ0) is 9.68. The Balaban J connectivity index is 2.45. The van der Waals surface area contributed by atoms with E-state index in [-0.39, 0.29) is 0 Å². The molecule has 13 heavy (non-hydrogen) atoms. The SMILES string of the molecule is Nc1ccccc1CCNC(=O)O. The zero-order valence-electron chi connectivity index (χ0n) is 7.16. The van der Waals surface area contributed by atoms with Crippen LogP contribution in [0.2, 0.25) is 0 Å². The van der Waals surface area contributed by atoms with Crippen molar-refractivity contribution in [2.75, 3.05) is 12.3 Å². The van der Waals surface area contributed by atoms with Crippen LogP contribution in [-0.2, 0) is 6.42 Å². The fraction of sp³-hybridized carbons (Fsp3) is 0.222. The molecule has 0 aliphatic heterocycles. The van der Waals surface area contributed by atoms with E-state index in [0.29, 0.717) is 18.7 Å². The molecular formula is C9H12N2O2. The summed E-state index contributed by atoms with van der Waals surface area (Å²) in [5.74, 6) is 0. The van der Waals surface area contributed by atoms with Gasteiger partial charge in [-0.2, -0.15) is 0 Å². The van der Waals surface area contributed by atoms with Crippen LogP contribution in [-0.4, -0.2) is 17.7 Å². The lowest BCUT2D eigenvalue weighted by Crippen LogP contribution is -2.23. The Bertz CT molecular complexity index is 299. The van der Waals surface area contributed by atoms with Crippen molar-refractivity contribution in [2.24, 2.45) is 0 Å². The minimum absolute atomic E-state index is 0.392. The number of benzene rings is 1. The molecule has 1 aromatic carbocycles. The summed E-state index contributed by atoms with van der Waals surface area (Å²) >= 11 is 0. The third kappa shape index (κ3) is 3.02. The van der Waals surface area contributed by atoms with Crippen LogP contribution in [0, 0.1) is 0 Å². The fourth-order valence-electron chi connectivity index (χ4n) is 1.07. The Morgan fingerprint density at radius 2 is 2.15 bits per heavy atom. The summed E-state index contributed by atoms with van der Waals surface area (Å²) in [5, 5.41) is 10.6. The van der Waals surface area contributed by atoms with Crippen LogP contribution in [0.3, 0.4) is 0 Å². The summed E-state index contributed by atoms with van der Waals surface area (Å²) < 4.78 is 0. The number of hydrogen-bond acceptors (Lipinski definition) is 2. The van der Waals surface area contributed by atoms with Crippen molar-refractivity contribution in [3.8, 4) is 0 Å². The van der Waals surface area contributed by atoms with Gasteiger partial charge in [-0.05, 0) is 18.1 Å². The van der Waals surface area contributed by atoms with Crippen molar-refractivity contribution in [3.05, 3.63) is 29.8 Å². The molecule has 1 rings (SSSR count). The number of amides is 1. The lowest BCUT2D eigenvalue weighted by Gasteiger charge is -2.04. The average molecular weight is 180 g/mol. The molecule has 4 nitrogen and oxygen atoms in total. The summed E-state index contributed by atoms with van der Waals surface area (Å²) in [6.07, 6.45) is -0.381. The number of nitrogens with one attached hydrogen (secondary N) is 1. The third-order valence-corrected chi connectivity index (χ3v) is 1.73. The van der Waals surface area contributed by atoms with Gasteiger partial charge in [-0.1, -0.05) is 18.2 Å². The Hall–Kier alpha value is -1.71. The number of para-hydroxylation sites is 1. The molecule has 4 heteroatoms. The highest BCUT2D eigenvalue weighted by atomic mass is 16.4. The van der Waals surface area contributed by atoms with Gasteiger partial charge < -0.3 is 16.2 Å². The summed E-state index contributed by atoms with van der Waals surface area (Å²) in [4.78, 5) is 10.1. The van der Waals surface area contributed by atoms with Crippen LogP contribution in [0.4, 0.5) is 10.5 Å². The largest absolute Gasteiger partial charge is 0.465 e. The second kappa shape index (κ2) is 4.35. The molecule has 70 valence electrons. The summed E-state index contributed by atoms with van der Waals surface area (Å²) in [6, 6.07) is 7.42. The summed E-state index contributed by atoms with van der Waals surface area (Å²) in [6.45, 7) is 0.392. The van der Waals surface area contributed by atoms with Crippen LogP contribution in [0.5, 0.6) is 0 Å². The first-order chi connectivity index (χ1) is 6.20. The Morgan fingerprint density at radius 1 is 1.46 bits per heavy atom. The molecule has 1 aromatic rings. The number of anilines is 1. The van der Waals surface area contributed by atoms with E-state index in [1.165, 1.54) is 0 Å². The second-order valence-corrected chi connectivity index (χ2v) is 2.68. The first kappa shape index (κ1) is 9.38. The number of carbonyl (C=O) groups is 1. The molecule has 0 heterocycles. The molecule has 0 atom stereocenters. The summed E-state index contributed by atoms with van der Waals surface area (Å²) in [5.41, 5.74) is 7.33. The highest BCUT2D eigenvalue weighted by Gasteiger charge is 1.98. The van der Waals surface area contributed by atoms with Gasteiger partial charge in [0.05, 0.1) is 0 Å². The predicted molar refractivity (Wildman–Crippen MR) is 50.6 cm³/mol. The molecule has 0 aromatic heterocycles. The van der Waals surface area contributed by atoms with E-state index in [9.17, 15) is 4.79 Å². The molecule has 0 aliphatic carbocycles. The van der Waals surface area contributed by atoms with Crippen LogP contribution in [0.15, 0.2) is 24.3 Å². The Labute approximate surface area is 76.4 Å². The minimum atomic E-state index is -1.01. The van der Waals surface area contributed by atoms with E-state index < -0.39 is 6.09 Å². The quantitative estimate of drug-likeness (QED) is 0.609. The van der Waals surface area contributed by atoms with Gasteiger partial charge in [0.25, 0.3) is 0 Å². The van der Waals surface area contributed by atoms with Crippen molar-refractivity contribution >= 4 is 11.8 Å². The molecule has 4 N–H and O–H groups in total. The topological polar surface area (TPSA) is 75.3 Å². The highest BCUT2D eigenvalue weighted by Crippen LogP contribution is 2.09. The number of rotatable bonds is 3. The van der Waals surface area contributed by atoms with Crippen molar-refractivity contribution in [1.29, 1.82) is 0 Å². The zero-order valence-corrected chi connectivity index (χ0v) is 7.16. The van der Waals surface area contributed by atoms with Crippen LogP contribution in [0.1, 0.15) is 5.56 Å². The molecule has 1 amide bonds. The van der Waals surface area contributed by atoms with Gasteiger partial charge in [0, 0.05) is 12.2 Å². The Morgan fingerprint density at radius 3 is 2.77 bits per heavy atom. The van der Waals surface area contributed by atoms with Gasteiger partial charge in [0.15, 0.2) is 0 Å². The van der Waals surface area contributed by atoms with E-state index in [0.717, 1.165) is 5.56 Å². The second-order valence-electron chi connectivity index (χ2n) is 2.68. The maximum atomic E-state index is 10.1. The van der Waals surface area contributed by atoms with Crippen molar-refractivity contribution < 1.29 is 9.90 Å². The maximum Gasteiger partial charge on any atom is 0.404 e. The monoisotopic (exact) mass is 180 g/mol. The first-order valence-corrected chi connectivity index (χ1v) is 4.00. The standard InChI is InChI=1S/C9H12N2O2/c10-8-4-2-1-3-7(8)5-6-11-9(12)13/h1-4,11H,5-6,10H2,(H,12,13). The molecule has 0 aliphatic rings. The minimum Gasteiger partial charge on any atom is -0.465 e. The molecule has 0 spiro atoms. The fourth-order valence-corrected chi connectivity index (χ4v) is 1.07. The molecule has 0 unspecified atom stereocenters. The lowest BCUT2D eigenvalue weighted by molar-refractivity contribution is 0.194. The van der Waals surface area contributed by atoms with Crippen LogP contribution < -0.4 is 11.1 Å². The van der Waals surface area contributed by atoms with Gasteiger partial charge in [0.2, 0.25) is 0 Å². The number of nitrogens with two attached hydrogens (primary N) is 1. The van der Waals surface area contributed by atoms with Gasteiger partial charge in [-0.25, -0.2) is 4.79 Å². The van der Waals surface area contributed by atoms with Gasteiger partial charge in [0.1, 0.15) is 0 Å². The van der Waals surface area contributed by atoms with Gasteiger partial charge in [-0.3, -0.25) is 0 Å². The molecule has 0 fully saturated rings. The normalized spacial score (nSPS) is 9.54. The van der Waals surface area contributed by atoms with E-state index >= 15 is 0 Å². The van der Waals surface area contributed by atoms with E-state index in [2.05, 4.69) is 5.32 Å². The van der Waals surface area contributed by atoms with Crippen molar-refractivity contribution in [2.45, 2.75) is 6.42 Å². The van der Waals surface area contributed by atoms with Crippen LogP contribution in [0.25, 0.3) is 0 Å². The number of carboxylic acid groups (broad SMARTS) is 1. The molecule has 0 saturated heterocycles.